The van der Waals surface area contributed by atoms with Crippen LogP contribution in [0.4, 0.5) is 5.13 Å². The maximum absolute atomic E-state index is 11.9. The van der Waals surface area contributed by atoms with Gasteiger partial charge in [0.2, 0.25) is 5.91 Å². The average Bonchev–Trinajstić information content (AvgIpc) is 2.90. The summed E-state index contributed by atoms with van der Waals surface area (Å²) in [6.07, 6.45) is 1.65. The van der Waals surface area contributed by atoms with Crippen molar-refractivity contribution in [1.82, 2.24) is 10.4 Å². The van der Waals surface area contributed by atoms with E-state index in [1.807, 2.05) is 18.2 Å². The largest absolute Gasteiger partial charge is 0.506 e. The van der Waals surface area contributed by atoms with Gasteiger partial charge in [0.1, 0.15) is 5.75 Å². The molecule has 3 rings (SSSR count). The van der Waals surface area contributed by atoms with Crippen LogP contribution >= 0.6 is 22.9 Å². The molecule has 0 atom stereocenters. The Morgan fingerprint density at radius 2 is 2.21 bits per heavy atom. The van der Waals surface area contributed by atoms with Crippen molar-refractivity contribution < 1.29 is 9.90 Å². The fraction of sp³-hybridized carbons (Fsp3) is 0.0625. The molecule has 122 valence electrons. The van der Waals surface area contributed by atoms with Gasteiger partial charge in [-0.05, 0) is 41.5 Å². The number of aromatic hydroxyl groups is 1. The molecule has 24 heavy (non-hydrogen) atoms. The molecule has 4 N–H and O–H groups in total. The number of anilines is 1. The van der Waals surface area contributed by atoms with Crippen LogP contribution in [-0.4, -0.2) is 22.2 Å². The number of carbonyl (C=O) groups is 1. The zero-order chi connectivity index (χ0) is 17.1. The number of phenolic OH excluding ortho intramolecular Hbond substituents is 1. The highest BCUT2D eigenvalue weighted by Crippen LogP contribution is 2.25. The van der Waals surface area contributed by atoms with E-state index in [4.69, 9.17) is 17.3 Å². The number of nitrogen functional groups attached to an aromatic ring is 1. The van der Waals surface area contributed by atoms with Gasteiger partial charge in [-0.1, -0.05) is 29.0 Å². The van der Waals surface area contributed by atoms with Gasteiger partial charge in [0.25, 0.3) is 0 Å². The van der Waals surface area contributed by atoms with Crippen molar-refractivity contribution in [2.75, 3.05) is 5.73 Å². The van der Waals surface area contributed by atoms with Crippen molar-refractivity contribution in [2.24, 2.45) is 5.10 Å². The van der Waals surface area contributed by atoms with Gasteiger partial charge < -0.3 is 10.8 Å². The Morgan fingerprint density at radius 3 is 3.00 bits per heavy atom. The standard InChI is InChI=1S/C16H13ClN4O2S/c17-11-5-10(2-4-13(11)22)8-19-21-15(23)7-9-1-3-12-14(6-9)24-16(18)20-12/h1-6,8,22H,7H2,(H2,18,20)(H,21,23)/b19-8-. The molecule has 0 unspecified atom stereocenters. The van der Waals surface area contributed by atoms with Crippen LogP contribution in [-0.2, 0) is 11.2 Å². The molecule has 0 fully saturated rings. The summed E-state index contributed by atoms with van der Waals surface area (Å²) in [5, 5.41) is 13.9. The number of nitrogens with zero attached hydrogens (tertiary/aromatic N) is 2. The Morgan fingerprint density at radius 1 is 1.38 bits per heavy atom. The SMILES string of the molecule is Nc1nc2ccc(CC(=O)N/N=C\c3ccc(O)c(Cl)c3)cc2s1. The van der Waals surface area contributed by atoms with Crippen molar-refractivity contribution in [3.05, 3.63) is 52.5 Å². The quantitative estimate of drug-likeness (QED) is 0.492. The third-order valence-corrected chi connectivity index (χ3v) is 4.36. The number of amides is 1. The number of aromatic nitrogens is 1. The van der Waals surface area contributed by atoms with E-state index in [0.717, 1.165) is 15.8 Å². The number of hydrogen-bond donors (Lipinski definition) is 3. The smallest absolute Gasteiger partial charge is 0.244 e. The molecule has 1 aromatic heterocycles. The second-order valence-corrected chi connectivity index (χ2v) is 6.50. The third kappa shape index (κ3) is 3.81. The molecule has 2 aromatic carbocycles. The molecule has 0 spiro atoms. The summed E-state index contributed by atoms with van der Waals surface area (Å²) in [6, 6.07) is 10.2. The van der Waals surface area contributed by atoms with E-state index in [-0.39, 0.29) is 23.1 Å². The van der Waals surface area contributed by atoms with Gasteiger partial charge in [-0.25, -0.2) is 10.4 Å². The normalized spacial score (nSPS) is 11.2. The van der Waals surface area contributed by atoms with Gasteiger partial charge in [-0.2, -0.15) is 5.10 Å². The number of thiazole rings is 1. The Labute approximate surface area is 146 Å². The minimum Gasteiger partial charge on any atom is -0.506 e. The van der Waals surface area contributed by atoms with Crippen molar-refractivity contribution in [2.45, 2.75) is 6.42 Å². The Bertz CT molecular complexity index is 939. The van der Waals surface area contributed by atoms with E-state index >= 15 is 0 Å². The summed E-state index contributed by atoms with van der Waals surface area (Å²) < 4.78 is 0.944. The number of halogens is 1. The van der Waals surface area contributed by atoms with Gasteiger partial charge >= 0.3 is 0 Å². The summed E-state index contributed by atoms with van der Waals surface area (Å²) in [6.45, 7) is 0. The summed E-state index contributed by atoms with van der Waals surface area (Å²) >= 11 is 7.18. The van der Waals surface area contributed by atoms with E-state index in [2.05, 4.69) is 15.5 Å². The average molecular weight is 361 g/mol. The topological polar surface area (TPSA) is 101 Å². The number of nitrogens with one attached hydrogen (secondary N) is 1. The van der Waals surface area contributed by atoms with Crippen LogP contribution in [0.1, 0.15) is 11.1 Å². The molecule has 0 saturated heterocycles. The summed E-state index contributed by atoms with van der Waals surface area (Å²) in [4.78, 5) is 16.1. The van der Waals surface area contributed by atoms with Crippen molar-refractivity contribution in [1.29, 1.82) is 0 Å². The van der Waals surface area contributed by atoms with Crippen molar-refractivity contribution in [3.63, 3.8) is 0 Å². The maximum Gasteiger partial charge on any atom is 0.244 e. The molecule has 0 bridgehead atoms. The molecule has 1 amide bonds. The van der Waals surface area contributed by atoms with Crippen LogP contribution < -0.4 is 11.2 Å². The number of benzene rings is 2. The van der Waals surface area contributed by atoms with Crippen LogP contribution in [0.25, 0.3) is 10.2 Å². The van der Waals surface area contributed by atoms with Crippen LogP contribution in [0.15, 0.2) is 41.5 Å². The zero-order valence-corrected chi connectivity index (χ0v) is 13.9. The highest BCUT2D eigenvalue weighted by molar-refractivity contribution is 7.22. The number of rotatable bonds is 4. The lowest BCUT2D eigenvalue weighted by Gasteiger charge is -2.01. The number of hydrogen-bond acceptors (Lipinski definition) is 6. The van der Waals surface area contributed by atoms with Crippen LogP contribution in [0.5, 0.6) is 5.75 Å². The molecule has 1 heterocycles. The fourth-order valence-electron chi connectivity index (χ4n) is 2.10. The van der Waals surface area contributed by atoms with Gasteiger partial charge in [-0.3, -0.25) is 4.79 Å². The van der Waals surface area contributed by atoms with Gasteiger partial charge in [-0.15, -0.1) is 0 Å². The second-order valence-electron chi connectivity index (χ2n) is 5.03. The maximum atomic E-state index is 11.9. The molecule has 0 aliphatic rings. The van der Waals surface area contributed by atoms with Crippen LogP contribution in [0.3, 0.4) is 0 Å². The minimum absolute atomic E-state index is 0.00283. The minimum atomic E-state index is -0.243. The lowest BCUT2D eigenvalue weighted by Crippen LogP contribution is -2.19. The lowest BCUT2D eigenvalue weighted by atomic mass is 10.1. The first-order valence-electron chi connectivity index (χ1n) is 6.96. The number of fused-ring (bicyclic) bond motifs is 1. The predicted molar refractivity (Wildman–Crippen MR) is 96.6 cm³/mol. The first-order chi connectivity index (χ1) is 11.5. The third-order valence-electron chi connectivity index (χ3n) is 3.21. The second kappa shape index (κ2) is 6.86. The number of phenols is 1. The molecular formula is C16H13ClN4O2S. The van der Waals surface area contributed by atoms with Gasteiger partial charge in [0.15, 0.2) is 5.13 Å². The lowest BCUT2D eigenvalue weighted by molar-refractivity contribution is -0.120. The van der Waals surface area contributed by atoms with Gasteiger partial charge in [0, 0.05) is 0 Å². The molecule has 3 aromatic rings. The first-order valence-corrected chi connectivity index (χ1v) is 8.16. The van der Waals surface area contributed by atoms with E-state index in [1.54, 1.807) is 12.1 Å². The first kappa shape index (κ1) is 16.2. The number of hydrazone groups is 1. The fourth-order valence-corrected chi connectivity index (χ4v) is 3.09. The molecule has 0 aliphatic carbocycles. The van der Waals surface area contributed by atoms with E-state index in [0.29, 0.717) is 10.7 Å². The molecule has 0 radical (unpaired) electrons. The Balaban J connectivity index is 1.61. The Hall–Kier alpha value is -2.64. The van der Waals surface area contributed by atoms with Crippen LogP contribution in [0, 0.1) is 0 Å². The summed E-state index contributed by atoms with van der Waals surface area (Å²) in [5.41, 5.74) is 10.5. The van der Waals surface area contributed by atoms with Gasteiger partial charge in [0.05, 0.1) is 27.9 Å². The van der Waals surface area contributed by atoms with E-state index in [1.165, 1.54) is 23.6 Å². The number of carbonyl (C=O) groups excluding carboxylic acids is 1. The Kier molecular flexibility index (Phi) is 4.64. The van der Waals surface area contributed by atoms with Crippen LogP contribution in [0.2, 0.25) is 5.02 Å². The predicted octanol–water partition coefficient (Wildman–Crippen LogP) is 2.93. The van der Waals surface area contributed by atoms with E-state index in [9.17, 15) is 9.90 Å². The highest BCUT2D eigenvalue weighted by Gasteiger charge is 2.06. The zero-order valence-electron chi connectivity index (χ0n) is 12.4. The molecule has 0 saturated carbocycles. The molecule has 6 nitrogen and oxygen atoms in total. The summed E-state index contributed by atoms with van der Waals surface area (Å²) in [5.74, 6) is -0.245. The molecular weight excluding hydrogens is 348 g/mol. The van der Waals surface area contributed by atoms with Crippen molar-refractivity contribution in [3.8, 4) is 5.75 Å². The molecule has 8 heteroatoms. The van der Waals surface area contributed by atoms with E-state index < -0.39 is 0 Å². The van der Waals surface area contributed by atoms with Crippen molar-refractivity contribution >= 4 is 50.4 Å². The molecule has 0 aliphatic heterocycles. The highest BCUT2D eigenvalue weighted by atomic mass is 35.5. The summed E-state index contributed by atoms with van der Waals surface area (Å²) in [7, 11) is 0. The number of nitrogens with two attached hydrogens (primary N) is 1. The monoisotopic (exact) mass is 360 g/mol.